The average Bonchev–Trinajstić information content (AvgIpc) is 3.15. The number of piperidine rings is 1. The van der Waals surface area contributed by atoms with Gasteiger partial charge < -0.3 is 20.3 Å². The number of ether oxygens (including phenoxy) is 1. The van der Waals surface area contributed by atoms with Crippen molar-refractivity contribution < 1.29 is 9.53 Å². The minimum atomic E-state index is -0.483. The number of aromatic nitrogens is 3. The first-order valence-electron chi connectivity index (χ1n) is 12.1. The Morgan fingerprint density at radius 1 is 1.19 bits per heavy atom. The molecule has 8 heteroatoms. The highest BCUT2D eigenvalue weighted by molar-refractivity contribution is 5.69. The van der Waals surface area contributed by atoms with Crippen LogP contribution in [-0.2, 0) is 4.74 Å². The van der Waals surface area contributed by atoms with E-state index in [2.05, 4.69) is 28.5 Å². The SMILES string of the molecule is CC.CC.Cc1cn2nc(C3CCCCN3)cc2nc1N1CC(NC(=O)OC(C)(C)C)C1. The molecule has 2 saturated heterocycles. The second-order valence-electron chi connectivity index (χ2n) is 8.87. The third kappa shape index (κ3) is 6.58. The van der Waals surface area contributed by atoms with Crippen LogP contribution in [0.3, 0.4) is 0 Å². The number of fused-ring (bicyclic) bond motifs is 1. The van der Waals surface area contributed by atoms with Crippen molar-refractivity contribution in [2.24, 2.45) is 0 Å². The number of rotatable bonds is 3. The van der Waals surface area contributed by atoms with Crippen LogP contribution in [0.4, 0.5) is 10.6 Å². The lowest BCUT2D eigenvalue weighted by Gasteiger charge is -2.41. The molecule has 0 spiro atoms. The van der Waals surface area contributed by atoms with Crippen molar-refractivity contribution in [3.05, 3.63) is 23.5 Å². The summed E-state index contributed by atoms with van der Waals surface area (Å²) in [5.74, 6) is 0.956. The van der Waals surface area contributed by atoms with Gasteiger partial charge in [-0.05, 0) is 47.1 Å². The van der Waals surface area contributed by atoms with E-state index in [1.807, 2.05) is 59.2 Å². The molecule has 180 valence electrons. The Morgan fingerprint density at radius 3 is 2.47 bits per heavy atom. The lowest BCUT2D eigenvalue weighted by atomic mass is 10.0. The van der Waals surface area contributed by atoms with Crippen LogP contribution < -0.4 is 15.5 Å². The Labute approximate surface area is 193 Å². The van der Waals surface area contributed by atoms with Gasteiger partial charge in [0.1, 0.15) is 11.4 Å². The first kappa shape index (κ1) is 25.9. The second kappa shape index (κ2) is 11.5. The van der Waals surface area contributed by atoms with E-state index < -0.39 is 5.60 Å². The summed E-state index contributed by atoms with van der Waals surface area (Å²) >= 11 is 0. The van der Waals surface area contributed by atoms with Gasteiger partial charge in [-0.2, -0.15) is 5.10 Å². The monoisotopic (exact) mass is 446 g/mol. The van der Waals surface area contributed by atoms with E-state index in [4.69, 9.17) is 14.8 Å². The van der Waals surface area contributed by atoms with Gasteiger partial charge in [-0.25, -0.2) is 14.3 Å². The van der Waals surface area contributed by atoms with Gasteiger partial charge in [0.05, 0.1) is 17.8 Å². The standard InChI is InChI=1S/C20H30N6O2.2C2H6/c1-13-10-26-17(9-16(24-26)15-7-5-6-8-21-15)23-18(13)25-11-14(12-25)22-19(27)28-20(2,3)4;2*1-2/h9-10,14-15,21H,5-8,11-12H2,1-4H3,(H,22,27);2*1-2H3. The van der Waals surface area contributed by atoms with Crippen molar-refractivity contribution in [1.29, 1.82) is 0 Å². The zero-order valence-corrected chi connectivity index (χ0v) is 21.2. The third-order valence-corrected chi connectivity index (χ3v) is 5.19. The Bertz CT molecular complexity index is 861. The number of nitrogens with zero attached hydrogens (tertiary/aromatic N) is 4. The van der Waals surface area contributed by atoms with Gasteiger partial charge in [0.2, 0.25) is 0 Å². The van der Waals surface area contributed by atoms with Crippen molar-refractivity contribution >= 4 is 17.6 Å². The Balaban J connectivity index is 0.000000860. The minimum Gasteiger partial charge on any atom is -0.444 e. The molecule has 2 aliphatic heterocycles. The third-order valence-electron chi connectivity index (χ3n) is 5.19. The summed E-state index contributed by atoms with van der Waals surface area (Å²) in [5, 5.41) is 11.2. The molecular weight excluding hydrogens is 404 g/mol. The lowest BCUT2D eigenvalue weighted by Crippen LogP contribution is -2.60. The van der Waals surface area contributed by atoms with E-state index in [-0.39, 0.29) is 12.1 Å². The van der Waals surface area contributed by atoms with E-state index in [1.165, 1.54) is 12.8 Å². The predicted octanol–water partition coefficient (Wildman–Crippen LogP) is 4.62. The molecule has 1 atom stereocenters. The minimum absolute atomic E-state index is 0.0826. The fourth-order valence-electron chi connectivity index (χ4n) is 3.83. The van der Waals surface area contributed by atoms with Crippen molar-refractivity contribution in [1.82, 2.24) is 25.2 Å². The summed E-state index contributed by atoms with van der Waals surface area (Å²) in [6.07, 6.45) is 5.28. The molecule has 2 N–H and O–H groups in total. The van der Waals surface area contributed by atoms with Crippen LogP contribution >= 0.6 is 0 Å². The van der Waals surface area contributed by atoms with Crippen molar-refractivity contribution in [3.8, 4) is 0 Å². The molecule has 8 nitrogen and oxygen atoms in total. The lowest BCUT2D eigenvalue weighted by molar-refractivity contribution is 0.0496. The quantitative estimate of drug-likeness (QED) is 0.716. The molecule has 1 amide bonds. The Kier molecular flexibility index (Phi) is 9.31. The van der Waals surface area contributed by atoms with Crippen LogP contribution in [0.25, 0.3) is 5.65 Å². The highest BCUT2D eigenvalue weighted by atomic mass is 16.6. The molecule has 4 rings (SSSR count). The zero-order chi connectivity index (χ0) is 23.9. The largest absolute Gasteiger partial charge is 0.444 e. The number of carbonyl (C=O) groups is 1. The topological polar surface area (TPSA) is 83.8 Å². The van der Waals surface area contributed by atoms with Gasteiger partial charge in [0, 0.05) is 30.9 Å². The fraction of sp³-hybridized carbons (Fsp3) is 0.708. The first-order valence-corrected chi connectivity index (χ1v) is 12.1. The first-order chi connectivity index (χ1) is 15.3. The van der Waals surface area contributed by atoms with Gasteiger partial charge in [-0.3, -0.25) is 0 Å². The molecule has 2 aromatic rings. The Morgan fingerprint density at radius 2 is 1.88 bits per heavy atom. The molecule has 0 aliphatic carbocycles. The van der Waals surface area contributed by atoms with Crippen LogP contribution in [0.5, 0.6) is 0 Å². The van der Waals surface area contributed by atoms with E-state index in [9.17, 15) is 4.79 Å². The van der Waals surface area contributed by atoms with Crippen molar-refractivity contribution in [2.75, 3.05) is 24.5 Å². The molecule has 0 radical (unpaired) electrons. The fourth-order valence-corrected chi connectivity index (χ4v) is 3.83. The van der Waals surface area contributed by atoms with Crippen molar-refractivity contribution in [2.45, 2.75) is 92.3 Å². The number of anilines is 1. The number of alkyl carbamates (subject to hydrolysis) is 1. The highest BCUT2D eigenvalue weighted by Crippen LogP contribution is 2.26. The maximum absolute atomic E-state index is 11.9. The predicted molar refractivity (Wildman–Crippen MR) is 130 cm³/mol. The van der Waals surface area contributed by atoms with Gasteiger partial charge >= 0.3 is 6.09 Å². The average molecular weight is 447 g/mol. The van der Waals surface area contributed by atoms with E-state index in [1.54, 1.807) is 0 Å². The summed E-state index contributed by atoms with van der Waals surface area (Å²) in [6, 6.07) is 2.49. The molecule has 2 aliphatic rings. The maximum atomic E-state index is 11.9. The normalized spacial score (nSPS) is 18.6. The maximum Gasteiger partial charge on any atom is 0.407 e. The van der Waals surface area contributed by atoms with Gasteiger partial charge in [-0.1, -0.05) is 34.1 Å². The second-order valence-corrected chi connectivity index (χ2v) is 8.87. The number of nitrogens with one attached hydrogen (secondary N) is 2. The summed E-state index contributed by atoms with van der Waals surface area (Å²) in [7, 11) is 0. The van der Waals surface area contributed by atoms with Crippen LogP contribution in [0.2, 0.25) is 0 Å². The molecule has 32 heavy (non-hydrogen) atoms. The van der Waals surface area contributed by atoms with E-state index >= 15 is 0 Å². The number of hydrogen-bond donors (Lipinski definition) is 2. The van der Waals surface area contributed by atoms with Gasteiger partial charge in [0.25, 0.3) is 0 Å². The van der Waals surface area contributed by atoms with Gasteiger partial charge in [0.15, 0.2) is 5.65 Å². The molecule has 2 fully saturated rings. The summed E-state index contributed by atoms with van der Waals surface area (Å²) in [4.78, 5) is 18.9. The summed E-state index contributed by atoms with van der Waals surface area (Å²) < 4.78 is 7.20. The van der Waals surface area contributed by atoms with Crippen molar-refractivity contribution in [3.63, 3.8) is 0 Å². The smallest absolute Gasteiger partial charge is 0.407 e. The van der Waals surface area contributed by atoms with E-state index in [0.717, 1.165) is 48.8 Å². The number of hydrogen-bond acceptors (Lipinski definition) is 6. The van der Waals surface area contributed by atoms with Crippen LogP contribution in [0, 0.1) is 6.92 Å². The molecular formula is C24H42N6O2. The highest BCUT2D eigenvalue weighted by Gasteiger charge is 2.32. The molecule has 2 aromatic heterocycles. The van der Waals surface area contributed by atoms with Gasteiger partial charge in [-0.15, -0.1) is 0 Å². The van der Waals surface area contributed by atoms with Crippen LogP contribution in [0.1, 0.15) is 85.0 Å². The van der Waals surface area contributed by atoms with E-state index in [0.29, 0.717) is 6.04 Å². The Hall–Kier alpha value is -2.35. The number of amides is 1. The number of aryl methyl sites for hydroxylation is 1. The zero-order valence-electron chi connectivity index (χ0n) is 21.2. The molecule has 0 aromatic carbocycles. The summed E-state index contributed by atoms with van der Waals surface area (Å²) in [6.45, 7) is 18.2. The van der Waals surface area contributed by atoms with Crippen LogP contribution in [0.15, 0.2) is 12.3 Å². The molecule has 1 unspecified atom stereocenters. The summed E-state index contributed by atoms with van der Waals surface area (Å²) in [5.41, 5.74) is 2.53. The van der Waals surface area contributed by atoms with Crippen LogP contribution in [-0.4, -0.2) is 52.0 Å². The number of carbonyl (C=O) groups excluding carboxylic acids is 1. The molecule has 0 bridgehead atoms. The molecule has 0 saturated carbocycles. The molecule has 4 heterocycles.